The van der Waals surface area contributed by atoms with Gasteiger partial charge >= 0.3 is 6.18 Å². The highest BCUT2D eigenvalue weighted by Gasteiger charge is 2.30. The molecule has 0 saturated heterocycles. The van der Waals surface area contributed by atoms with E-state index in [4.69, 9.17) is 0 Å². The molecule has 0 spiro atoms. The summed E-state index contributed by atoms with van der Waals surface area (Å²) >= 11 is 0. The molecule has 3 aromatic heterocycles. The summed E-state index contributed by atoms with van der Waals surface area (Å²) in [5, 5.41) is 15.8. The number of rotatable bonds is 8. The maximum Gasteiger partial charge on any atom is 0.416 e. The second-order valence-corrected chi connectivity index (χ2v) is 8.19. The van der Waals surface area contributed by atoms with Crippen LogP contribution in [0.3, 0.4) is 0 Å². The summed E-state index contributed by atoms with van der Waals surface area (Å²) in [6, 6.07) is 11.9. The van der Waals surface area contributed by atoms with Gasteiger partial charge in [-0.2, -0.15) is 23.1 Å². The molecule has 5 rings (SSSR count). The number of aromatic hydroxyl groups is 1. The number of phenols is 1. The average molecular weight is 506 g/mol. The van der Waals surface area contributed by atoms with Gasteiger partial charge in [0, 0.05) is 18.9 Å². The van der Waals surface area contributed by atoms with E-state index in [1.165, 1.54) is 24.5 Å². The predicted octanol–water partition coefficient (Wildman–Crippen LogP) is 4.79. The van der Waals surface area contributed by atoms with E-state index < -0.39 is 11.7 Å². The Hall–Kier alpha value is -4.74. The topological polar surface area (TPSA) is 114 Å². The molecule has 3 heterocycles. The van der Waals surface area contributed by atoms with Gasteiger partial charge in [-0.3, -0.25) is 4.98 Å². The van der Waals surface area contributed by atoms with Gasteiger partial charge in [0.1, 0.15) is 5.75 Å². The van der Waals surface area contributed by atoms with E-state index in [1.807, 2.05) is 12.1 Å². The van der Waals surface area contributed by atoms with Crippen molar-refractivity contribution in [2.45, 2.75) is 19.1 Å². The van der Waals surface area contributed by atoms with Gasteiger partial charge in [-0.25, -0.2) is 9.97 Å². The molecule has 5 aromatic rings. The maximum atomic E-state index is 12.9. The number of fused-ring (bicyclic) bond motifs is 1. The first-order valence-corrected chi connectivity index (χ1v) is 11.3. The van der Waals surface area contributed by atoms with Gasteiger partial charge in [0.2, 0.25) is 5.95 Å². The first-order chi connectivity index (χ1) is 17.8. The van der Waals surface area contributed by atoms with E-state index in [9.17, 15) is 18.3 Å². The Morgan fingerprint density at radius 1 is 0.892 bits per heavy atom. The number of alkyl halides is 3. The molecule has 0 amide bonds. The highest BCUT2D eigenvalue weighted by molar-refractivity contribution is 5.84. The van der Waals surface area contributed by atoms with E-state index in [0.29, 0.717) is 41.3 Å². The standard InChI is InChI=1S/C25H21F3N8O/c26-25(27,28)18-5-1-17(2-6-18)14-36-15-32-21-22(31-10-9-16-3-7-19(37)8-4-16)34-24(35-23(21)36)33-20-13-29-11-12-30-20/h1-8,11-13,15,37H,9-10,14H2,(H2,30,31,33,34,35). The number of benzene rings is 2. The highest BCUT2D eigenvalue weighted by atomic mass is 19.4. The summed E-state index contributed by atoms with van der Waals surface area (Å²) in [5.74, 6) is 1.40. The lowest BCUT2D eigenvalue weighted by molar-refractivity contribution is -0.137. The van der Waals surface area contributed by atoms with Crippen molar-refractivity contribution >= 4 is 28.7 Å². The summed E-state index contributed by atoms with van der Waals surface area (Å²) in [6.45, 7) is 0.802. The van der Waals surface area contributed by atoms with Crippen molar-refractivity contribution < 1.29 is 18.3 Å². The molecule has 0 bridgehead atoms. The van der Waals surface area contributed by atoms with Crippen LogP contribution in [0.2, 0.25) is 0 Å². The molecule has 0 unspecified atom stereocenters. The number of phenolic OH excluding ortho intramolecular Hbond substituents is 1. The van der Waals surface area contributed by atoms with E-state index >= 15 is 0 Å². The zero-order valence-corrected chi connectivity index (χ0v) is 19.3. The third-order valence-electron chi connectivity index (χ3n) is 5.54. The van der Waals surface area contributed by atoms with Crippen molar-refractivity contribution in [2.75, 3.05) is 17.2 Å². The zero-order chi connectivity index (χ0) is 25.8. The highest BCUT2D eigenvalue weighted by Crippen LogP contribution is 2.29. The van der Waals surface area contributed by atoms with Gasteiger partial charge in [0.25, 0.3) is 0 Å². The zero-order valence-electron chi connectivity index (χ0n) is 19.3. The van der Waals surface area contributed by atoms with Crippen molar-refractivity contribution in [1.82, 2.24) is 29.5 Å². The van der Waals surface area contributed by atoms with Gasteiger partial charge in [-0.05, 0) is 41.8 Å². The van der Waals surface area contributed by atoms with Crippen LogP contribution in [-0.4, -0.2) is 41.1 Å². The molecule has 3 N–H and O–H groups in total. The lowest BCUT2D eigenvalue weighted by Gasteiger charge is -2.11. The Balaban J connectivity index is 1.43. The van der Waals surface area contributed by atoms with Crippen molar-refractivity contribution in [3.05, 3.63) is 90.1 Å². The summed E-state index contributed by atoms with van der Waals surface area (Å²) in [5.41, 5.74) is 2.00. The Bertz CT molecular complexity index is 1490. The van der Waals surface area contributed by atoms with Crippen LogP contribution in [0.5, 0.6) is 5.75 Å². The Kier molecular flexibility index (Phi) is 6.54. The fourth-order valence-corrected chi connectivity index (χ4v) is 3.70. The lowest BCUT2D eigenvalue weighted by Crippen LogP contribution is -2.10. The predicted molar refractivity (Wildman–Crippen MR) is 131 cm³/mol. The van der Waals surface area contributed by atoms with Crippen LogP contribution in [-0.2, 0) is 19.1 Å². The molecule has 0 radical (unpaired) electrons. The molecule has 0 saturated carbocycles. The molecule has 0 aliphatic carbocycles. The second-order valence-electron chi connectivity index (χ2n) is 8.19. The van der Waals surface area contributed by atoms with Gasteiger partial charge in [0.05, 0.1) is 24.6 Å². The molecule has 0 atom stereocenters. The van der Waals surface area contributed by atoms with Crippen molar-refractivity contribution in [2.24, 2.45) is 0 Å². The first kappa shape index (κ1) is 24.0. The van der Waals surface area contributed by atoms with Crippen LogP contribution in [0.1, 0.15) is 16.7 Å². The van der Waals surface area contributed by atoms with Gasteiger partial charge < -0.3 is 20.3 Å². The SMILES string of the molecule is Oc1ccc(CCNc2nc(Nc3cnccn3)nc3c2ncn3Cc2ccc(C(F)(F)F)cc2)cc1. The molecular weight excluding hydrogens is 485 g/mol. The number of halogens is 3. The lowest BCUT2D eigenvalue weighted by atomic mass is 10.1. The molecule has 9 nitrogen and oxygen atoms in total. The quantitative estimate of drug-likeness (QED) is 0.275. The molecule has 37 heavy (non-hydrogen) atoms. The number of aromatic nitrogens is 6. The summed E-state index contributed by atoms with van der Waals surface area (Å²) in [7, 11) is 0. The van der Waals surface area contributed by atoms with E-state index in [1.54, 1.807) is 29.2 Å². The Morgan fingerprint density at radius 3 is 2.35 bits per heavy atom. The van der Waals surface area contributed by atoms with Crippen LogP contribution >= 0.6 is 0 Å². The first-order valence-electron chi connectivity index (χ1n) is 11.3. The smallest absolute Gasteiger partial charge is 0.416 e. The average Bonchev–Trinajstić information content (AvgIpc) is 3.28. The molecule has 188 valence electrons. The van der Waals surface area contributed by atoms with Crippen LogP contribution < -0.4 is 10.6 Å². The minimum absolute atomic E-state index is 0.201. The molecule has 12 heteroatoms. The minimum Gasteiger partial charge on any atom is -0.508 e. The van der Waals surface area contributed by atoms with Crippen LogP contribution in [0, 0.1) is 0 Å². The molecule has 0 aliphatic heterocycles. The molecule has 0 aliphatic rings. The fourth-order valence-electron chi connectivity index (χ4n) is 3.70. The van der Waals surface area contributed by atoms with Crippen LogP contribution in [0.4, 0.5) is 30.8 Å². The van der Waals surface area contributed by atoms with E-state index in [2.05, 4.69) is 35.6 Å². The van der Waals surface area contributed by atoms with Crippen LogP contribution in [0.15, 0.2) is 73.4 Å². The number of imidazole rings is 1. The van der Waals surface area contributed by atoms with Crippen molar-refractivity contribution in [3.8, 4) is 5.75 Å². The maximum absolute atomic E-state index is 12.9. The molecule has 2 aromatic carbocycles. The van der Waals surface area contributed by atoms with E-state index in [0.717, 1.165) is 17.7 Å². The number of hydrogen-bond acceptors (Lipinski definition) is 8. The van der Waals surface area contributed by atoms with Gasteiger partial charge in [0.15, 0.2) is 22.8 Å². The van der Waals surface area contributed by atoms with Crippen LogP contribution in [0.25, 0.3) is 11.2 Å². The fraction of sp³-hybridized carbons (Fsp3) is 0.160. The largest absolute Gasteiger partial charge is 0.508 e. The van der Waals surface area contributed by atoms with E-state index in [-0.39, 0.29) is 18.2 Å². The number of nitrogens with one attached hydrogen (secondary N) is 2. The van der Waals surface area contributed by atoms with Crippen molar-refractivity contribution in [1.29, 1.82) is 0 Å². The monoisotopic (exact) mass is 506 g/mol. The number of nitrogens with zero attached hydrogens (tertiary/aromatic N) is 6. The van der Waals surface area contributed by atoms with Gasteiger partial charge in [-0.1, -0.05) is 24.3 Å². The normalized spacial score (nSPS) is 11.5. The minimum atomic E-state index is -4.39. The summed E-state index contributed by atoms with van der Waals surface area (Å²) in [4.78, 5) is 21.8. The van der Waals surface area contributed by atoms with Crippen molar-refractivity contribution in [3.63, 3.8) is 0 Å². The number of hydrogen-bond donors (Lipinski definition) is 3. The summed E-state index contributed by atoms with van der Waals surface area (Å²) < 4.78 is 40.5. The summed E-state index contributed by atoms with van der Waals surface area (Å²) in [6.07, 6.45) is 2.47. The Labute approximate surface area is 209 Å². The van der Waals surface area contributed by atoms with Gasteiger partial charge in [-0.15, -0.1) is 0 Å². The number of anilines is 3. The molecular formula is C25H21F3N8O. The third-order valence-corrected chi connectivity index (χ3v) is 5.54. The Morgan fingerprint density at radius 2 is 1.65 bits per heavy atom. The second kappa shape index (κ2) is 10.1. The molecule has 0 fully saturated rings. The third kappa shape index (κ3) is 5.74.